The highest BCUT2D eigenvalue weighted by atomic mass is 15.5. The molecule has 1 aliphatic heterocycles. The van der Waals surface area contributed by atoms with Gasteiger partial charge in [-0.05, 0) is 22.4 Å². The molecule has 0 atom stereocenters. The molecule has 0 spiro atoms. The predicted octanol–water partition coefficient (Wildman–Crippen LogP) is 0.779. The first-order chi connectivity index (χ1) is 9.38. The van der Waals surface area contributed by atoms with Crippen LogP contribution in [0, 0.1) is 11.3 Å². The van der Waals surface area contributed by atoms with Gasteiger partial charge in [-0.2, -0.15) is 10.5 Å². The van der Waals surface area contributed by atoms with Crippen molar-refractivity contribution in [3.05, 3.63) is 41.4 Å². The highest BCUT2D eigenvalue weighted by molar-refractivity contribution is 5.74. The Morgan fingerprint density at radius 2 is 2.37 bits per heavy atom. The normalized spacial score (nSPS) is 13.9. The molecule has 0 saturated heterocycles. The topological polar surface area (TPSA) is 102 Å². The summed E-state index contributed by atoms with van der Waals surface area (Å²) >= 11 is 0. The molecule has 2 heterocycles. The first-order valence-electron chi connectivity index (χ1n) is 5.80. The van der Waals surface area contributed by atoms with Crippen molar-refractivity contribution in [2.75, 3.05) is 5.32 Å². The number of benzene rings is 1. The Morgan fingerprint density at radius 1 is 1.42 bits per heavy atom. The molecule has 7 heteroatoms. The van der Waals surface area contributed by atoms with Crippen LogP contribution < -0.4 is 10.6 Å². The van der Waals surface area contributed by atoms with Gasteiger partial charge in [-0.25, -0.2) is 0 Å². The number of anilines is 1. The second kappa shape index (κ2) is 4.88. The summed E-state index contributed by atoms with van der Waals surface area (Å²) in [5.41, 5.74) is 3.82. The molecule has 19 heavy (non-hydrogen) atoms. The summed E-state index contributed by atoms with van der Waals surface area (Å²) < 4.78 is 0. The summed E-state index contributed by atoms with van der Waals surface area (Å²) in [4.78, 5) is 0. The van der Waals surface area contributed by atoms with Gasteiger partial charge in [0.25, 0.3) is 0 Å². The molecule has 3 N–H and O–H groups in total. The van der Waals surface area contributed by atoms with Gasteiger partial charge in [0, 0.05) is 25.0 Å². The van der Waals surface area contributed by atoms with Gasteiger partial charge in [-0.15, -0.1) is 10.2 Å². The van der Waals surface area contributed by atoms with Crippen molar-refractivity contribution in [3.8, 4) is 6.07 Å². The van der Waals surface area contributed by atoms with E-state index in [0.717, 1.165) is 18.8 Å². The van der Waals surface area contributed by atoms with Crippen LogP contribution >= 0.6 is 0 Å². The first-order valence-corrected chi connectivity index (χ1v) is 5.80. The number of nitriles is 1. The van der Waals surface area contributed by atoms with E-state index in [9.17, 15) is 0 Å². The number of tetrazole rings is 1. The fourth-order valence-corrected chi connectivity index (χ4v) is 2.04. The Kier molecular flexibility index (Phi) is 2.92. The van der Waals surface area contributed by atoms with Crippen LogP contribution in [0.15, 0.2) is 24.4 Å². The predicted molar refractivity (Wildman–Crippen MR) is 68.4 cm³/mol. The largest absolute Gasteiger partial charge is 0.360 e. The van der Waals surface area contributed by atoms with Crippen LogP contribution in [0.2, 0.25) is 0 Å². The van der Waals surface area contributed by atoms with Gasteiger partial charge in [0.2, 0.25) is 5.82 Å². The first kappa shape index (κ1) is 11.4. The molecular weight excluding hydrogens is 242 g/mol. The molecule has 0 fully saturated rings. The number of rotatable bonds is 3. The average Bonchev–Trinajstić information content (AvgIpc) is 3.10. The molecule has 1 aromatic carbocycles. The van der Waals surface area contributed by atoms with Gasteiger partial charge in [-0.1, -0.05) is 12.1 Å². The van der Waals surface area contributed by atoms with Crippen LogP contribution in [0.1, 0.15) is 17.0 Å². The number of aromatic amines is 1. The van der Waals surface area contributed by atoms with Crippen molar-refractivity contribution in [1.29, 1.82) is 5.26 Å². The fraction of sp³-hybridized carbons (Fsp3) is 0.167. The van der Waals surface area contributed by atoms with Crippen molar-refractivity contribution in [2.45, 2.75) is 13.1 Å². The number of hydrogen-bond acceptors (Lipinski definition) is 6. The summed E-state index contributed by atoms with van der Waals surface area (Å²) in [6.07, 6.45) is 1.60. The molecule has 7 nitrogen and oxygen atoms in total. The Balaban J connectivity index is 1.87. The van der Waals surface area contributed by atoms with Crippen molar-refractivity contribution in [1.82, 2.24) is 25.9 Å². The smallest absolute Gasteiger partial charge is 0.216 e. The average molecular weight is 253 g/mol. The lowest BCUT2D eigenvalue weighted by Crippen LogP contribution is -2.01. The molecule has 0 amide bonds. The highest BCUT2D eigenvalue weighted by Crippen LogP contribution is 2.24. The van der Waals surface area contributed by atoms with Crippen molar-refractivity contribution in [3.63, 3.8) is 0 Å². The zero-order valence-corrected chi connectivity index (χ0v) is 10.0. The number of nitrogens with zero attached hydrogens (tertiary/aromatic N) is 4. The van der Waals surface area contributed by atoms with E-state index in [1.807, 2.05) is 18.2 Å². The van der Waals surface area contributed by atoms with Gasteiger partial charge >= 0.3 is 0 Å². The maximum atomic E-state index is 9.08. The van der Waals surface area contributed by atoms with Gasteiger partial charge in [0.05, 0.1) is 0 Å². The lowest BCUT2D eigenvalue weighted by molar-refractivity contribution is 0.765. The van der Waals surface area contributed by atoms with Crippen LogP contribution in [0.4, 0.5) is 5.69 Å². The van der Waals surface area contributed by atoms with E-state index in [1.54, 1.807) is 6.20 Å². The summed E-state index contributed by atoms with van der Waals surface area (Å²) in [6.45, 7) is 1.71. The fourth-order valence-electron chi connectivity index (χ4n) is 2.04. The van der Waals surface area contributed by atoms with E-state index in [1.165, 1.54) is 11.1 Å². The summed E-state index contributed by atoms with van der Waals surface area (Å²) in [6, 6.07) is 8.10. The third-order valence-electron chi connectivity index (χ3n) is 2.97. The summed E-state index contributed by atoms with van der Waals surface area (Å²) in [5.74, 6) is 0.278. The molecule has 0 unspecified atom stereocenters. The molecule has 94 valence electrons. The van der Waals surface area contributed by atoms with E-state index in [0.29, 0.717) is 5.57 Å². The molecule has 2 aromatic rings. The quantitative estimate of drug-likeness (QED) is 0.698. The molecule has 3 rings (SSSR count). The monoisotopic (exact) mass is 253 g/mol. The molecule has 0 aliphatic carbocycles. The number of aromatic nitrogens is 4. The number of fused-ring (bicyclic) bond motifs is 1. The van der Waals surface area contributed by atoms with E-state index in [2.05, 4.69) is 37.3 Å². The molecule has 0 saturated carbocycles. The lowest BCUT2D eigenvalue weighted by atomic mass is 10.1. The standard InChI is InChI=1S/C12H11N7/c13-4-9(12-16-18-19-17-12)6-15-11-3-1-2-8-5-14-7-10(8)11/h1-3,6,14-15H,5,7H2,(H,16,17,18,19). The summed E-state index contributed by atoms with van der Waals surface area (Å²) in [7, 11) is 0. The Labute approximate surface area is 109 Å². The van der Waals surface area contributed by atoms with Crippen LogP contribution in [0.25, 0.3) is 5.57 Å². The minimum atomic E-state index is 0.278. The highest BCUT2D eigenvalue weighted by Gasteiger charge is 2.13. The Hall–Kier alpha value is -2.72. The molecule has 0 radical (unpaired) electrons. The van der Waals surface area contributed by atoms with Crippen molar-refractivity contribution < 1.29 is 0 Å². The van der Waals surface area contributed by atoms with Gasteiger partial charge < -0.3 is 10.6 Å². The third kappa shape index (κ3) is 2.17. The molecule has 1 aliphatic rings. The number of nitrogens with one attached hydrogen (secondary N) is 3. The molecule has 1 aromatic heterocycles. The Morgan fingerprint density at radius 3 is 3.16 bits per heavy atom. The van der Waals surface area contributed by atoms with Crippen molar-refractivity contribution in [2.24, 2.45) is 0 Å². The van der Waals surface area contributed by atoms with Crippen molar-refractivity contribution >= 4 is 11.3 Å². The minimum absolute atomic E-state index is 0.278. The zero-order valence-electron chi connectivity index (χ0n) is 10.0. The summed E-state index contributed by atoms with van der Waals surface area (Å²) in [5, 5.41) is 28.8. The lowest BCUT2D eigenvalue weighted by Gasteiger charge is -2.07. The van der Waals surface area contributed by atoms with Crippen LogP contribution in [0.5, 0.6) is 0 Å². The van der Waals surface area contributed by atoms with E-state index in [4.69, 9.17) is 5.26 Å². The molecular formula is C12H11N7. The van der Waals surface area contributed by atoms with Gasteiger partial charge in [0.15, 0.2) is 0 Å². The maximum absolute atomic E-state index is 9.08. The van der Waals surface area contributed by atoms with E-state index in [-0.39, 0.29) is 5.82 Å². The third-order valence-corrected chi connectivity index (χ3v) is 2.97. The van der Waals surface area contributed by atoms with Gasteiger partial charge in [-0.3, -0.25) is 0 Å². The second-order valence-corrected chi connectivity index (χ2v) is 4.10. The number of hydrogen-bond donors (Lipinski definition) is 3. The van der Waals surface area contributed by atoms with Crippen LogP contribution in [0.3, 0.4) is 0 Å². The zero-order chi connectivity index (χ0) is 13.1. The second-order valence-electron chi connectivity index (χ2n) is 4.10. The maximum Gasteiger partial charge on any atom is 0.216 e. The van der Waals surface area contributed by atoms with Crippen LogP contribution in [-0.4, -0.2) is 20.6 Å². The van der Waals surface area contributed by atoms with Gasteiger partial charge in [0.1, 0.15) is 11.6 Å². The number of H-pyrrole nitrogens is 1. The van der Waals surface area contributed by atoms with E-state index < -0.39 is 0 Å². The molecule has 0 bridgehead atoms. The SMILES string of the molecule is N#CC(=CNc1cccc2c1CNC2)c1nn[nH]n1. The van der Waals surface area contributed by atoms with Crippen LogP contribution in [-0.2, 0) is 13.1 Å². The van der Waals surface area contributed by atoms with E-state index >= 15 is 0 Å². The number of allylic oxidation sites excluding steroid dienone is 1. The minimum Gasteiger partial charge on any atom is -0.360 e. The Bertz CT molecular complexity index is 651.